The topological polar surface area (TPSA) is 69.7 Å². The van der Waals surface area contributed by atoms with Gasteiger partial charge in [0, 0.05) is 43.3 Å². The molecule has 0 aromatic heterocycles. The first-order valence-corrected chi connectivity index (χ1v) is 11.6. The Kier molecular flexibility index (Phi) is 5.92. The molecule has 0 spiro atoms. The first-order valence-electron chi connectivity index (χ1n) is 9.81. The van der Waals surface area contributed by atoms with E-state index < -0.39 is 10.0 Å². The van der Waals surface area contributed by atoms with Gasteiger partial charge in [0.1, 0.15) is 0 Å². The van der Waals surface area contributed by atoms with Crippen molar-refractivity contribution < 1.29 is 13.2 Å². The van der Waals surface area contributed by atoms with Crippen molar-refractivity contribution in [2.45, 2.75) is 30.7 Å². The van der Waals surface area contributed by atoms with Gasteiger partial charge in [-0.3, -0.25) is 9.69 Å². The van der Waals surface area contributed by atoms with Gasteiger partial charge in [0.05, 0.1) is 4.90 Å². The average molecular weight is 434 g/mol. The van der Waals surface area contributed by atoms with E-state index in [9.17, 15) is 13.2 Å². The predicted molar refractivity (Wildman–Crippen MR) is 113 cm³/mol. The zero-order chi connectivity index (χ0) is 20.4. The number of halogens is 1. The molecular weight excluding hydrogens is 410 g/mol. The van der Waals surface area contributed by atoms with E-state index in [2.05, 4.69) is 10.2 Å². The van der Waals surface area contributed by atoms with Crippen LogP contribution in [-0.4, -0.2) is 49.7 Å². The average Bonchev–Trinajstić information content (AvgIpc) is 2.95. The first-order chi connectivity index (χ1) is 13.9. The highest BCUT2D eigenvalue weighted by Gasteiger charge is 2.28. The summed E-state index contributed by atoms with van der Waals surface area (Å²) in [5.41, 5.74) is 2.76. The molecule has 1 saturated heterocycles. The second kappa shape index (κ2) is 8.44. The van der Waals surface area contributed by atoms with Crippen molar-refractivity contribution in [1.82, 2.24) is 9.21 Å². The molecule has 0 atom stereocenters. The van der Waals surface area contributed by atoms with E-state index in [1.165, 1.54) is 5.56 Å². The van der Waals surface area contributed by atoms with Crippen LogP contribution in [0.1, 0.15) is 24.0 Å². The molecule has 29 heavy (non-hydrogen) atoms. The van der Waals surface area contributed by atoms with E-state index in [0.717, 1.165) is 25.1 Å². The molecule has 2 aliphatic heterocycles. The summed E-state index contributed by atoms with van der Waals surface area (Å²) in [6.45, 7) is 3.29. The number of aryl methyl sites for hydroxylation is 1. The quantitative estimate of drug-likeness (QED) is 0.804. The van der Waals surface area contributed by atoms with E-state index in [0.29, 0.717) is 48.1 Å². The lowest BCUT2D eigenvalue weighted by Crippen LogP contribution is -2.35. The molecule has 1 amide bonds. The monoisotopic (exact) mass is 433 g/mol. The minimum atomic E-state index is -3.56. The number of nitrogens with zero attached hydrogens (tertiary/aromatic N) is 2. The maximum atomic E-state index is 13.2. The lowest BCUT2D eigenvalue weighted by Gasteiger charge is -2.23. The summed E-state index contributed by atoms with van der Waals surface area (Å²) in [5, 5.41) is 3.51. The number of nitrogens with one attached hydrogen (secondary N) is 1. The molecule has 2 aromatic rings. The second-order valence-electron chi connectivity index (χ2n) is 7.53. The van der Waals surface area contributed by atoms with Crippen LogP contribution in [0.2, 0.25) is 5.02 Å². The highest BCUT2D eigenvalue weighted by atomic mass is 35.5. The van der Waals surface area contributed by atoms with Crippen LogP contribution >= 0.6 is 11.6 Å². The molecule has 2 aromatic carbocycles. The second-order valence-corrected chi connectivity index (χ2v) is 9.90. The molecule has 6 nitrogen and oxygen atoms in total. The van der Waals surface area contributed by atoms with Crippen LogP contribution in [0.25, 0.3) is 0 Å². The van der Waals surface area contributed by atoms with E-state index >= 15 is 0 Å². The third kappa shape index (κ3) is 4.64. The van der Waals surface area contributed by atoms with Crippen molar-refractivity contribution in [3.63, 3.8) is 0 Å². The van der Waals surface area contributed by atoms with Crippen LogP contribution < -0.4 is 5.32 Å². The van der Waals surface area contributed by atoms with Gasteiger partial charge in [-0.05, 0) is 60.8 Å². The molecular formula is C21H24ClN3O3S. The minimum absolute atomic E-state index is 0.0265. The van der Waals surface area contributed by atoms with E-state index in [-0.39, 0.29) is 5.91 Å². The van der Waals surface area contributed by atoms with Gasteiger partial charge in [-0.2, -0.15) is 4.31 Å². The number of benzene rings is 2. The third-order valence-corrected chi connectivity index (χ3v) is 7.62. The van der Waals surface area contributed by atoms with E-state index in [4.69, 9.17) is 11.6 Å². The summed E-state index contributed by atoms with van der Waals surface area (Å²) < 4.78 is 28.0. The fourth-order valence-electron chi connectivity index (χ4n) is 3.86. The number of sulfonamides is 1. The van der Waals surface area contributed by atoms with Crippen LogP contribution in [-0.2, 0) is 27.8 Å². The first kappa shape index (κ1) is 20.3. The Morgan fingerprint density at radius 3 is 2.55 bits per heavy atom. The molecule has 0 unspecified atom stereocenters. The smallest absolute Gasteiger partial charge is 0.243 e. The van der Waals surface area contributed by atoms with Gasteiger partial charge in [-0.15, -0.1) is 0 Å². The van der Waals surface area contributed by atoms with Crippen LogP contribution in [0.15, 0.2) is 47.4 Å². The number of anilines is 1. The van der Waals surface area contributed by atoms with Crippen LogP contribution in [0.5, 0.6) is 0 Å². The number of hydrogen-bond acceptors (Lipinski definition) is 4. The standard InChI is InChI=1S/C21H24ClN3O3S/c22-18-5-2-16(3-6-18)15-24-10-1-11-25(13-12-24)29(27,28)19-7-8-20-17(14-19)4-9-21(26)23-20/h2-3,5-8,14H,1,4,9-13,15H2,(H,23,26). The van der Waals surface area contributed by atoms with Gasteiger partial charge in [0.2, 0.25) is 15.9 Å². The Morgan fingerprint density at radius 1 is 0.966 bits per heavy atom. The zero-order valence-electron chi connectivity index (χ0n) is 16.1. The van der Waals surface area contributed by atoms with Crippen molar-refractivity contribution in [3.8, 4) is 0 Å². The van der Waals surface area contributed by atoms with E-state index in [1.54, 1.807) is 22.5 Å². The normalized spacial score (nSPS) is 18.7. The molecule has 4 rings (SSSR count). The largest absolute Gasteiger partial charge is 0.326 e. The predicted octanol–water partition coefficient (Wildman–Crippen LogP) is 3.12. The summed E-state index contributed by atoms with van der Waals surface area (Å²) in [5.74, 6) is -0.0265. The van der Waals surface area contributed by atoms with Gasteiger partial charge < -0.3 is 5.32 Å². The number of hydrogen-bond donors (Lipinski definition) is 1. The van der Waals surface area contributed by atoms with Gasteiger partial charge in [-0.25, -0.2) is 8.42 Å². The number of carbonyl (C=O) groups excluding carboxylic acids is 1. The lowest BCUT2D eigenvalue weighted by atomic mass is 10.0. The van der Waals surface area contributed by atoms with Crippen molar-refractivity contribution in [3.05, 3.63) is 58.6 Å². The Morgan fingerprint density at radius 2 is 1.76 bits per heavy atom. The summed E-state index contributed by atoms with van der Waals surface area (Å²) >= 11 is 5.95. The van der Waals surface area contributed by atoms with Crippen molar-refractivity contribution in [1.29, 1.82) is 0 Å². The van der Waals surface area contributed by atoms with Gasteiger partial charge in [-0.1, -0.05) is 23.7 Å². The van der Waals surface area contributed by atoms with Crippen molar-refractivity contribution >= 4 is 33.2 Å². The Bertz CT molecular complexity index is 1010. The maximum Gasteiger partial charge on any atom is 0.243 e. The fourth-order valence-corrected chi connectivity index (χ4v) is 5.51. The molecule has 8 heteroatoms. The van der Waals surface area contributed by atoms with Gasteiger partial charge in [0.25, 0.3) is 0 Å². The third-order valence-electron chi connectivity index (χ3n) is 5.48. The molecule has 1 fully saturated rings. The van der Waals surface area contributed by atoms with E-state index in [1.807, 2.05) is 24.3 Å². The molecule has 2 aliphatic rings. The molecule has 154 valence electrons. The molecule has 0 saturated carbocycles. The van der Waals surface area contributed by atoms with Crippen LogP contribution in [0.3, 0.4) is 0 Å². The summed E-state index contributed by atoms with van der Waals surface area (Å²) in [7, 11) is -3.56. The lowest BCUT2D eigenvalue weighted by molar-refractivity contribution is -0.116. The molecule has 0 radical (unpaired) electrons. The van der Waals surface area contributed by atoms with Gasteiger partial charge in [0.15, 0.2) is 0 Å². The summed E-state index contributed by atoms with van der Waals surface area (Å²) in [6.07, 6.45) is 1.74. The zero-order valence-corrected chi connectivity index (χ0v) is 17.7. The van der Waals surface area contributed by atoms with Gasteiger partial charge >= 0.3 is 0 Å². The maximum absolute atomic E-state index is 13.2. The van der Waals surface area contributed by atoms with Crippen LogP contribution in [0, 0.1) is 0 Å². The summed E-state index contributed by atoms with van der Waals surface area (Å²) in [6, 6.07) is 12.8. The Labute approximate surface area is 176 Å². The fraction of sp³-hybridized carbons (Fsp3) is 0.381. The number of fused-ring (bicyclic) bond motifs is 1. The van der Waals surface area contributed by atoms with Crippen molar-refractivity contribution in [2.75, 3.05) is 31.5 Å². The Balaban J connectivity index is 1.45. The Hall–Kier alpha value is -1.93. The molecule has 1 N–H and O–H groups in total. The highest BCUT2D eigenvalue weighted by molar-refractivity contribution is 7.89. The number of carbonyl (C=O) groups is 1. The SMILES string of the molecule is O=C1CCc2cc(S(=O)(=O)N3CCCN(Cc4ccc(Cl)cc4)CC3)ccc2N1. The molecule has 2 heterocycles. The highest BCUT2D eigenvalue weighted by Crippen LogP contribution is 2.27. The number of rotatable bonds is 4. The molecule has 0 aliphatic carbocycles. The summed E-state index contributed by atoms with van der Waals surface area (Å²) in [4.78, 5) is 14.1. The minimum Gasteiger partial charge on any atom is -0.326 e. The number of amides is 1. The van der Waals surface area contributed by atoms with Crippen LogP contribution in [0.4, 0.5) is 5.69 Å². The van der Waals surface area contributed by atoms with Crippen molar-refractivity contribution in [2.24, 2.45) is 0 Å². The molecule has 0 bridgehead atoms.